The molecule has 2 unspecified atom stereocenters. The Bertz CT molecular complexity index is 205. The first-order chi connectivity index (χ1) is 8.67. The first kappa shape index (κ1) is 15.9. The highest BCUT2D eigenvalue weighted by atomic mass is 16.5. The second kappa shape index (κ2) is 8.86. The predicted octanol–water partition coefficient (Wildman–Crippen LogP) is 1.16. The molecule has 1 rings (SSSR count). The number of rotatable bonds is 11. The van der Waals surface area contributed by atoms with Crippen molar-refractivity contribution in [1.29, 1.82) is 0 Å². The Morgan fingerprint density at radius 3 is 2.39 bits per heavy atom. The summed E-state index contributed by atoms with van der Waals surface area (Å²) in [5.41, 5.74) is 0. The van der Waals surface area contributed by atoms with Crippen LogP contribution in [0.25, 0.3) is 0 Å². The van der Waals surface area contributed by atoms with Crippen molar-refractivity contribution in [3.05, 3.63) is 0 Å². The van der Waals surface area contributed by atoms with Crippen LogP contribution in [0.4, 0.5) is 0 Å². The van der Waals surface area contributed by atoms with Crippen LogP contribution in [-0.2, 0) is 4.74 Å². The molecule has 0 heterocycles. The first-order valence-corrected chi connectivity index (χ1v) is 7.31. The van der Waals surface area contributed by atoms with Gasteiger partial charge in [0.1, 0.15) is 0 Å². The monoisotopic (exact) mass is 259 g/mol. The smallest absolute Gasteiger partial charge is 0.0897 e. The zero-order valence-corrected chi connectivity index (χ0v) is 11.8. The minimum Gasteiger partial charge on any atom is -0.392 e. The van der Waals surface area contributed by atoms with Crippen LogP contribution in [0.1, 0.15) is 39.5 Å². The fourth-order valence-corrected chi connectivity index (χ4v) is 2.11. The summed E-state index contributed by atoms with van der Waals surface area (Å²) in [5, 5.41) is 22.7. The Morgan fingerprint density at radius 2 is 1.83 bits per heavy atom. The van der Waals surface area contributed by atoms with Gasteiger partial charge in [-0.3, -0.25) is 0 Å². The van der Waals surface area contributed by atoms with Gasteiger partial charge in [-0.25, -0.2) is 0 Å². The molecular formula is C14H29NO3. The summed E-state index contributed by atoms with van der Waals surface area (Å²) in [6, 6.07) is 0. The van der Waals surface area contributed by atoms with E-state index in [0.29, 0.717) is 25.6 Å². The van der Waals surface area contributed by atoms with Crippen molar-refractivity contribution in [3.63, 3.8) is 0 Å². The van der Waals surface area contributed by atoms with Crippen LogP contribution in [0.15, 0.2) is 0 Å². The summed E-state index contributed by atoms with van der Waals surface area (Å²) in [6.07, 6.45) is 3.74. The molecule has 0 aromatic heterocycles. The van der Waals surface area contributed by atoms with E-state index in [1.54, 1.807) is 0 Å². The molecule has 4 heteroatoms. The Morgan fingerprint density at radius 1 is 1.17 bits per heavy atom. The maximum atomic E-state index is 9.90. The highest BCUT2D eigenvalue weighted by molar-refractivity contribution is 4.73. The van der Waals surface area contributed by atoms with Gasteiger partial charge in [-0.05, 0) is 24.7 Å². The van der Waals surface area contributed by atoms with Gasteiger partial charge in [0.25, 0.3) is 0 Å². The Kier molecular flexibility index (Phi) is 7.82. The van der Waals surface area contributed by atoms with Crippen LogP contribution in [0.3, 0.4) is 0 Å². The van der Waals surface area contributed by atoms with Crippen molar-refractivity contribution in [2.24, 2.45) is 11.8 Å². The summed E-state index contributed by atoms with van der Waals surface area (Å²) >= 11 is 0. The Labute approximate surface area is 111 Å². The average molecular weight is 259 g/mol. The second-order valence-corrected chi connectivity index (χ2v) is 5.44. The summed E-state index contributed by atoms with van der Waals surface area (Å²) in [4.78, 5) is 0. The lowest BCUT2D eigenvalue weighted by Gasteiger charge is -2.21. The molecule has 0 aliphatic heterocycles. The highest BCUT2D eigenvalue weighted by Gasteiger charge is 2.21. The van der Waals surface area contributed by atoms with E-state index in [9.17, 15) is 10.2 Å². The third kappa shape index (κ3) is 6.69. The standard InChI is InChI=1S/C14H29NO3/c1-3-12(4-2)14(17)8-15-7-13(16)10-18-9-11-5-6-11/h11-17H,3-10H2,1-2H3. The molecule has 1 saturated carbocycles. The molecule has 0 aromatic carbocycles. The number of aliphatic hydroxyl groups excluding tert-OH is 2. The van der Waals surface area contributed by atoms with Crippen LogP contribution in [0.5, 0.6) is 0 Å². The molecular weight excluding hydrogens is 230 g/mol. The minimum absolute atomic E-state index is 0.320. The van der Waals surface area contributed by atoms with Gasteiger partial charge >= 0.3 is 0 Å². The number of ether oxygens (including phenoxy) is 1. The molecule has 1 aliphatic carbocycles. The van der Waals surface area contributed by atoms with Gasteiger partial charge in [0.2, 0.25) is 0 Å². The zero-order valence-electron chi connectivity index (χ0n) is 11.8. The normalized spacial score (nSPS) is 19.2. The fourth-order valence-electron chi connectivity index (χ4n) is 2.11. The molecule has 0 radical (unpaired) electrons. The van der Waals surface area contributed by atoms with Crippen LogP contribution in [0, 0.1) is 11.8 Å². The molecule has 0 amide bonds. The first-order valence-electron chi connectivity index (χ1n) is 7.31. The Hall–Kier alpha value is -0.160. The van der Waals surface area contributed by atoms with Gasteiger partial charge < -0.3 is 20.3 Å². The van der Waals surface area contributed by atoms with Crippen LogP contribution in [0.2, 0.25) is 0 Å². The van der Waals surface area contributed by atoms with E-state index < -0.39 is 6.10 Å². The van der Waals surface area contributed by atoms with E-state index in [4.69, 9.17) is 4.74 Å². The number of aliphatic hydroxyl groups is 2. The predicted molar refractivity (Wildman–Crippen MR) is 72.5 cm³/mol. The van der Waals surface area contributed by atoms with E-state index in [2.05, 4.69) is 19.2 Å². The lowest BCUT2D eigenvalue weighted by molar-refractivity contribution is 0.0291. The van der Waals surface area contributed by atoms with E-state index in [-0.39, 0.29) is 6.10 Å². The summed E-state index contributed by atoms with van der Waals surface area (Å²) in [7, 11) is 0. The van der Waals surface area contributed by atoms with Gasteiger partial charge in [-0.2, -0.15) is 0 Å². The van der Waals surface area contributed by atoms with Crippen LogP contribution >= 0.6 is 0 Å². The Balaban J connectivity index is 1.97. The molecule has 1 fully saturated rings. The van der Waals surface area contributed by atoms with Crippen molar-refractivity contribution in [1.82, 2.24) is 5.32 Å². The molecule has 3 N–H and O–H groups in total. The van der Waals surface area contributed by atoms with Gasteiger partial charge in [0.05, 0.1) is 18.8 Å². The molecule has 0 saturated heterocycles. The van der Waals surface area contributed by atoms with Crippen molar-refractivity contribution in [2.45, 2.75) is 51.7 Å². The van der Waals surface area contributed by atoms with Crippen LogP contribution < -0.4 is 5.32 Å². The van der Waals surface area contributed by atoms with Crippen molar-refractivity contribution < 1.29 is 14.9 Å². The van der Waals surface area contributed by atoms with Gasteiger partial charge in [-0.15, -0.1) is 0 Å². The SMILES string of the molecule is CCC(CC)C(O)CNCC(O)COCC1CC1. The number of hydrogen-bond donors (Lipinski definition) is 3. The van der Waals surface area contributed by atoms with Crippen molar-refractivity contribution in [3.8, 4) is 0 Å². The third-order valence-corrected chi connectivity index (χ3v) is 3.69. The van der Waals surface area contributed by atoms with Crippen molar-refractivity contribution in [2.75, 3.05) is 26.3 Å². The molecule has 0 spiro atoms. The lowest BCUT2D eigenvalue weighted by Crippen LogP contribution is -2.38. The summed E-state index contributed by atoms with van der Waals surface area (Å²) < 4.78 is 5.41. The molecule has 18 heavy (non-hydrogen) atoms. The third-order valence-electron chi connectivity index (χ3n) is 3.69. The molecule has 4 nitrogen and oxygen atoms in total. The maximum Gasteiger partial charge on any atom is 0.0897 e. The molecule has 0 aromatic rings. The minimum atomic E-state index is -0.474. The zero-order chi connectivity index (χ0) is 13.4. The highest BCUT2D eigenvalue weighted by Crippen LogP contribution is 2.28. The number of nitrogens with one attached hydrogen (secondary N) is 1. The van der Waals surface area contributed by atoms with E-state index in [0.717, 1.165) is 25.4 Å². The van der Waals surface area contributed by atoms with Gasteiger partial charge in [0.15, 0.2) is 0 Å². The largest absolute Gasteiger partial charge is 0.392 e. The van der Waals surface area contributed by atoms with Crippen molar-refractivity contribution >= 4 is 0 Å². The molecule has 0 bridgehead atoms. The number of hydrogen-bond acceptors (Lipinski definition) is 4. The van der Waals surface area contributed by atoms with E-state index >= 15 is 0 Å². The van der Waals surface area contributed by atoms with Gasteiger partial charge in [0, 0.05) is 19.7 Å². The molecule has 2 atom stereocenters. The summed E-state index contributed by atoms with van der Waals surface area (Å²) in [5.74, 6) is 1.09. The quantitative estimate of drug-likeness (QED) is 0.521. The van der Waals surface area contributed by atoms with Crippen LogP contribution in [-0.4, -0.2) is 48.7 Å². The second-order valence-electron chi connectivity index (χ2n) is 5.44. The lowest BCUT2D eigenvalue weighted by atomic mass is 9.96. The maximum absolute atomic E-state index is 9.90. The average Bonchev–Trinajstić information content (AvgIpc) is 3.14. The molecule has 108 valence electrons. The van der Waals surface area contributed by atoms with Gasteiger partial charge in [-0.1, -0.05) is 26.7 Å². The van der Waals surface area contributed by atoms with E-state index in [1.165, 1.54) is 12.8 Å². The van der Waals surface area contributed by atoms with E-state index in [1.807, 2.05) is 0 Å². The topological polar surface area (TPSA) is 61.7 Å². The fraction of sp³-hybridized carbons (Fsp3) is 1.00. The summed E-state index contributed by atoms with van der Waals surface area (Å²) in [6.45, 7) is 6.40. The molecule has 1 aliphatic rings.